The summed E-state index contributed by atoms with van der Waals surface area (Å²) in [4.78, 5) is 31.4. The first-order chi connectivity index (χ1) is 13.2. The van der Waals surface area contributed by atoms with Crippen LogP contribution in [-0.2, 0) is 4.79 Å². The number of aromatic nitrogens is 1. The lowest BCUT2D eigenvalue weighted by molar-refractivity contribution is -0.125. The SMILES string of the molecule is COc1ccccc1Nc1nc(C(=O)N2CCCC2C(=O)NC2CC2)cs1. The fourth-order valence-corrected chi connectivity index (χ4v) is 3.94. The van der Waals surface area contributed by atoms with Crippen LogP contribution in [0.3, 0.4) is 0 Å². The Kier molecular flexibility index (Phi) is 4.98. The molecular weight excluding hydrogens is 364 g/mol. The molecule has 0 radical (unpaired) electrons. The molecule has 1 saturated heterocycles. The summed E-state index contributed by atoms with van der Waals surface area (Å²) in [6, 6.07) is 7.45. The molecular formula is C19H22N4O3S. The van der Waals surface area contributed by atoms with E-state index >= 15 is 0 Å². The molecule has 8 heteroatoms. The number of benzene rings is 1. The van der Waals surface area contributed by atoms with Crippen molar-refractivity contribution < 1.29 is 14.3 Å². The van der Waals surface area contributed by atoms with Crippen molar-refractivity contribution in [1.82, 2.24) is 15.2 Å². The molecule has 4 rings (SSSR count). The lowest BCUT2D eigenvalue weighted by Gasteiger charge is -2.23. The summed E-state index contributed by atoms with van der Waals surface area (Å²) in [6.45, 7) is 0.592. The summed E-state index contributed by atoms with van der Waals surface area (Å²) < 4.78 is 5.32. The summed E-state index contributed by atoms with van der Waals surface area (Å²) in [5.74, 6) is 0.482. The van der Waals surface area contributed by atoms with Gasteiger partial charge in [0.15, 0.2) is 5.13 Å². The predicted octanol–water partition coefficient (Wildman–Crippen LogP) is 2.78. The largest absolute Gasteiger partial charge is 0.495 e. The number of nitrogens with one attached hydrogen (secondary N) is 2. The van der Waals surface area contributed by atoms with E-state index in [1.54, 1.807) is 17.4 Å². The highest BCUT2D eigenvalue weighted by Gasteiger charge is 2.37. The minimum absolute atomic E-state index is 0.0362. The summed E-state index contributed by atoms with van der Waals surface area (Å²) in [5, 5.41) is 8.54. The fourth-order valence-electron chi connectivity index (χ4n) is 3.25. The van der Waals surface area contributed by atoms with Crippen molar-refractivity contribution in [2.45, 2.75) is 37.8 Å². The molecule has 2 fully saturated rings. The molecule has 2 amide bonds. The van der Waals surface area contributed by atoms with E-state index in [-0.39, 0.29) is 17.9 Å². The smallest absolute Gasteiger partial charge is 0.274 e. The van der Waals surface area contributed by atoms with E-state index in [0.29, 0.717) is 35.6 Å². The second-order valence-corrected chi connectivity index (χ2v) is 7.66. The number of likely N-dealkylation sites (tertiary alicyclic amines) is 1. The van der Waals surface area contributed by atoms with Crippen LogP contribution in [0.5, 0.6) is 5.75 Å². The van der Waals surface area contributed by atoms with Crippen LogP contribution in [0.15, 0.2) is 29.6 Å². The van der Waals surface area contributed by atoms with Gasteiger partial charge in [0, 0.05) is 18.0 Å². The molecule has 1 aromatic heterocycles. The number of hydrogen-bond acceptors (Lipinski definition) is 6. The van der Waals surface area contributed by atoms with Gasteiger partial charge in [-0.25, -0.2) is 4.98 Å². The van der Waals surface area contributed by atoms with Crippen molar-refractivity contribution in [3.63, 3.8) is 0 Å². The summed E-state index contributed by atoms with van der Waals surface area (Å²) in [5.41, 5.74) is 1.15. The average Bonchev–Trinajstić information content (AvgIpc) is 3.18. The van der Waals surface area contributed by atoms with Crippen LogP contribution in [0.1, 0.15) is 36.2 Å². The van der Waals surface area contributed by atoms with Crippen LogP contribution in [0.25, 0.3) is 0 Å². The van der Waals surface area contributed by atoms with Crippen molar-refractivity contribution in [3.8, 4) is 5.75 Å². The second kappa shape index (κ2) is 7.56. The molecule has 142 valence electrons. The number of carbonyl (C=O) groups excluding carboxylic acids is 2. The summed E-state index contributed by atoms with van der Waals surface area (Å²) in [7, 11) is 1.61. The van der Waals surface area contributed by atoms with Gasteiger partial charge in [-0.2, -0.15) is 0 Å². The quantitative estimate of drug-likeness (QED) is 0.798. The van der Waals surface area contributed by atoms with E-state index in [1.165, 1.54) is 11.3 Å². The molecule has 27 heavy (non-hydrogen) atoms. The average molecular weight is 386 g/mol. The number of hydrogen-bond donors (Lipinski definition) is 2. The number of nitrogens with zero attached hydrogens (tertiary/aromatic N) is 2. The number of thiazole rings is 1. The van der Waals surface area contributed by atoms with Gasteiger partial charge < -0.3 is 20.3 Å². The third kappa shape index (κ3) is 3.90. The van der Waals surface area contributed by atoms with Gasteiger partial charge in [-0.15, -0.1) is 11.3 Å². The van der Waals surface area contributed by atoms with Crippen LogP contribution in [0, 0.1) is 0 Å². The van der Waals surface area contributed by atoms with Crippen molar-refractivity contribution in [2.24, 2.45) is 0 Å². The van der Waals surface area contributed by atoms with Crippen molar-refractivity contribution in [1.29, 1.82) is 0 Å². The maximum Gasteiger partial charge on any atom is 0.274 e. The topological polar surface area (TPSA) is 83.6 Å². The zero-order valence-electron chi connectivity index (χ0n) is 15.1. The van der Waals surface area contributed by atoms with Crippen molar-refractivity contribution >= 4 is 34.0 Å². The molecule has 2 N–H and O–H groups in total. The van der Waals surface area contributed by atoms with Crippen LogP contribution < -0.4 is 15.4 Å². The molecule has 7 nitrogen and oxygen atoms in total. The standard InChI is InChI=1S/C19H22N4O3S/c1-26-16-7-3-2-5-13(16)21-19-22-14(11-27-19)18(25)23-10-4-6-15(23)17(24)20-12-8-9-12/h2-3,5,7,11-12,15H,4,6,8-10H2,1H3,(H,20,24)(H,21,22). The molecule has 1 unspecified atom stereocenters. The molecule has 1 aliphatic carbocycles. The second-order valence-electron chi connectivity index (χ2n) is 6.80. The number of anilines is 2. The summed E-state index contributed by atoms with van der Waals surface area (Å²) in [6.07, 6.45) is 3.62. The molecule has 2 heterocycles. The molecule has 0 bridgehead atoms. The Morgan fingerprint density at radius 2 is 2.07 bits per heavy atom. The number of methoxy groups -OCH3 is 1. The maximum absolute atomic E-state index is 12.9. The Hall–Kier alpha value is -2.61. The minimum Gasteiger partial charge on any atom is -0.495 e. The van der Waals surface area contributed by atoms with Gasteiger partial charge >= 0.3 is 0 Å². The zero-order valence-corrected chi connectivity index (χ0v) is 15.9. The lowest BCUT2D eigenvalue weighted by atomic mass is 10.2. The Balaban J connectivity index is 1.45. The number of rotatable bonds is 6. The van der Waals surface area contributed by atoms with E-state index < -0.39 is 0 Å². The van der Waals surface area contributed by atoms with Crippen LogP contribution in [-0.4, -0.2) is 47.4 Å². The molecule has 2 aromatic rings. The van der Waals surface area contributed by atoms with Gasteiger partial charge in [0.2, 0.25) is 5.91 Å². The number of para-hydroxylation sites is 2. The number of amides is 2. The van der Waals surface area contributed by atoms with Gasteiger partial charge in [-0.1, -0.05) is 12.1 Å². The molecule has 0 spiro atoms. The first kappa shape index (κ1) is 17.8. The first-order valence-corrected chi connectivity index (χ1v) is 10.0. The fraction of sp³-hybridized carbons (Fsp3) is 0.421. The molecule has 1 saturated carbocycles. The first-order valence-electron chi connectivity index (χ1n) is 9.12. The highest BCUT2D eigenvalue weighted by molar-refractivity contribution is 7.14. The van der Waals surface area contributed by atoms with E-state index in [2.05, 4.69) is 15.6 Å². The Morgan fingerprint density at radius 1 is 1.26 bits per heavy atom. The predicted molar refractivity (Wildman–Crippen MR) is 104 cm³/mol. The highest BCUT2D eigenvalue weighted by atomic mass is 32.1. The van der Waals surface area contributed by atoms with Crippen LogP contribution in [0.2, 0.25) is 0 Å². The molecule has 1 aliphatic heterocycles. The zero-order chi connectivity index (χ0) is 18.8. The summed E-state index contributed by atoms with van der Waals surface area (Å²) >= 11 is 1.36. The van der Waals surface area contributed by atoms with E-state index in [1.807, 2.05) is 24.3 Å². The van der Waals surface area contributed by atoms with Crippen molar-refractivity contribution in [3.05, 3.63) is 35.3 Å². The Morgan fingerprint density at radius 3 is 2.85 bits per heavy atom. The third-order valence-electron chi connectivity index (χ3n) is 4.81. The maximum atomic E-state index is 12.9. The Bertz CT molecular complexity index is 849. The monoisotopic (exact) mass is 386 g/mol. The highest BCUT2D eigenvalue weighted by Crippen LogP contribution is 2.30. The molecule has 1 atom stereocenters. The normalized spacial score (nSPS) is 19.0. The van der Waals surface area contributed by atoms with Crippen molar-refractivity contribution in [2.75, 3.05) is 19.0 Å². The van der Waals surface area contributed by atoms with E-state index in [9.17, 15) is 9.59 Å². The Labute approximate surface area is 161 Å². The molecule has 2 aliphatic rings. The lowest BCUT2D eigenvalue weighted by Crippen LogP contribution is -2.46. The van der Waals surface area contributed by atoms with Gasteiger partial charge in [-0.3, -0.25) is 9.59 Å². The minimum atomic E-state index is -0.384. The van der Waals surface area contributed by atoms with E-state index in [4.69, 9.17) is 4.74 Å². The van der Waals surface area contributed by atoms with Crippen LogP contribution in [0.4, 0.5) is 10.8 Å². The van der Waals surface area contributed by atoms with Gasteiger partial charge in [0.05, 0.1) is 12.8 Å². The van der Waals surface area contributed by atoms with Crippen LogP contribution >= 0.6 is 11.3 Å². The van der Waals surface area contributed by atoms with Gasteiger partial charge in [0.1, 0.15) is 17.5 Å². The molecule has 1 aromatic carbocycles. The third-order valence-corrected chi connectivity index (χ3v) is 5.57. The number of carbonyl (C=O) groups is 2. The van der Waals surface area contributed by atoms with Gasteiger partial charge in [0.25, 0.3) is 5.91 Å². The van der Waals surface area contributed by atoms with E-state index in [0.717, 1.165) is 24.9 Å². The number of ether oxygens (including phenoxy) is 1. The van der Waals surface area contributed by atoms with Gasteiger partial charge in [-0.05, 0) is 37.8 Å².